The highest BCUT2D eigenvalue weighted by atomic mass is 16.5. The molecule has 1 fully saturated rings. The summed E-state index contributed by atoms with van der Waals surface area (Å²) in [5.41, 5.74) is 1.19. The van der Waals surface area contributed by atoms with Crippen LogP contribution >= 0.6 is 0 Å². The summed E-state index contributed by atoms with van der Waals surface area (Å²) in [6, 6.07) is 2.02. The molecule has 0 atom stereocenters. The normalized spacial score (nSPS) is 16.8. The van der Waals surface area contributed by atoms with Crippen molar-refractivity contribution in [3.8, 4) is 0 Å². The predicted octanol–water partition coefficient (Wildman–Crippen LogP) is 0.352. The molecule has 0 radical (unpaired) electrons. The number of hydrogen-bond acceptors (Lipinski definition) is 4. The van der Waals surface area contributed by atoms with Crippen LogP contribution in [0.5, 0.6) is 0 Å². The zero-order chi connectivity index (χ0) is 13.5. The van der Waals surface area contributed by atoms with E-state index in [1.807, 2.05) is 11.0 Å². The van der Waals surface area contributed by atoms with Crippen molar-refractivity contribution in [2.75, 3.05) is 39.9 Å². The summed E-state index contributed by atoms with van der Waals surface area (Å²) in [4.78, 5) is 13.9. The largest absolute Gasteiger partial charge is 0.383 e. The van der Waals surface area contributed by atoms with Crippen LogP contribution in [-0.4, -0.2) is 60.9 Å². The Hall–Kier alpha value is -1.40. The third kappa shape index (κ3) is 4.04. The second kappa shape index (κ2) is 7.25. The molecule has 0 unspecified atom stereocenters. The maximum Gasteiger partial charge on any atom is 0.236 e. The third-order valence-electron chi connectivity index (χ3n) is 3.57. The van der Waals surface area contributed by atoms with Crippen LogP contribution in [0.3, 0.4) is 0 Å². The molecule has 2 heterocycles. The van der Waals surface area contributed by atoms with Gasteiger partial charge in [-0.15, -0.1) is 0 Å². The molecule has 6 heteroatoms. The number of amides is 1. The molecule has 0 bridgehead atoms. The molecule has 0 saturated carbocycles. The van der Waals surface area contributed by atoms with Crippen LogP contribution in [0, 0.1) is 0 Å². The first-order valence-electron chi connectivity index (χ1n) is 6.78. The average molecular weight is 266 g/mol. The zero-order valence-corrected chi connectivity index (χ0v) is 11.4. The van der Waals surface area contributed by atoms with E-state index in [1.54, 1.807) is 13.3 Å². The van der Waals surface area contributed by atoms with E-state index in [4.69, 9.17) is 4.74 Å². The van der Waals surface area contributed by atoms with E-state index in [1.165, 1.54) is 5.69 Å². The smallest absolute Gasteiger partial charge is 0.236 e. The number of aromatic nitrogens is 2. The number of H-pyrrole nitrogens is 1. The Labute approximate surface area is 113 Å². The molecule has 1 aromatic heterocycles. The zero-order valence-electron chi connectivity index (χ0n) is 11.4. The minimum absolute atomic E-state index is 0.180. The lowest BCUT2D eigenvalue weighted by Crippen LogP contribution is -2.43. The lowest BCUT2D eigenvalue weighted by atomic mass is 9.94. The van der Waals surface area contributed by atoms with Gasteiger partial charge < -0.3 is 15.0 Å². The summed E-state index contributed by atoms with van der Waals surface area (Å²) in [5.74, 6) is 0.687. The van der Waals surface area contributed by atoms with Gasteiger partial charge in [-0.05, 0) is 18.9 Å². The van der Waals surface area contributed by atoms with Crippen molar-refractivity contribution in [1.29, 1.82) is 0 Å². The molecule has 1 aliphatic rings. The van der Waals surface area contributed by atoms with Gasteiger partial charge >= 0.3 is 0 Å². The number of piperidine rings is 1. The van der Waals surface area contributed by atoms with Crippen LogP contribution in [0.15, 0.2) is 12.3 Å². The van der Waals surface area contributed by atoms with Crippen LogP contribution in [0.25, 0.3) is 0 Å². The number of ether oxygens (including phenoxy) is 1. The van der Waals surface area contributed by atoms with E-state index >= 15 is 0 Å². The second-order valence-corrected chi connectivity index (χ2v) is 4.84. The number of likely N-dealkylation sites (tertiary alicyclic amines) is 1. The average Bonchev–Trinajstić information content (AvgIpc) is 2.98. The first kappa shape index (κ1) is 14.0. The van der Waals surface area contributed by atoms with Crippen LogP contribution in [0.4, 0.5) is 0 Å². The van der Waals surface area contributed by atoms with E-state index in [0.717, 1.165) is 25.9 Å². The quantitative estimate of drug-likeness (QED) is 0.729. The fraction of sp³-hybridized carbons (Fsp3) is 0.692. The number of carbonyl (C=O) groups excluding carboxylic acids is 1. The minimum Gasteiger partial charge on any atom is -0.383 e. The van der Waals surface area contributed by atoms with Gasteiger partial charge in [0.2, 0.25) is 5.91 Å². The molecule has 1 aliphatic heterocycles. The molecule has 1 aromatic rings. The number of nitrogens with zero attached hydrogens (tertiary/aromatic N) is 2. The Morgan fingerprint density at radius 1 is 1.58 bits per heavy atom. The SMILES string of the molecule is COCCNCC(=O)N1CCC(c2ccn[nH]2)CC1. The van der Waals surface area contributed by atoms with Crippen molar-refractivity contribution in [3.63, 3.8) is 0 Å². The summed E-state index contributed by atoms with van der Waals surface area (Å²) in [6.07, 6.45) is 3.80. The number of rotatable bonds is 6. The number of aromatic amines is 1. The highest BCUT2D eigenvalue weighted by Gasteiger charge is 2.23. The molecule has 0 spiro atoms. The topological polar surface area (TPSA) is 70.2 Å². The fourth-order valence-electron chi connectivity index (χ4n) is 2.42. The highest BCUT2D eigenvalue weighted by molar-refractivity contribution is 5.78. The van der Waals surface area contributed by atoms with Crippen LogP contribution in [0.1, 0.15) is 24.5 Å². The standard InChI is InChI=1S/C13H22N4O2/c1-19-9-6-14-10-13(18)17-7-3-11(4-8-17)12-2-5-15-16-12/h2,5,11,14H,3-4,6-10H2,1H3,(H,15,16). The summed E-state index contributed by atoms with van der Waals surface area (Å²) >= 11 is 0. The van der Waals surface area contributed by atoms with E-state index < -0.39 is 0 Å². The first-order valence-corrected chi connectivity index (χ1v) is 6.78. The predicted molar refractivity (Wildman–Crippen MR) is 71.9 cm³/mol. The highest BCUT2D eigenvalue weighted by Crippen LogP contribution is 2.26. The van der Waals surface area contributed by atoms with Gasteiger partial charge in [0.15, 0.2) is 0 Å². The van der Waals surface area contributed by atoms with E-state index in [9.17, 15) is 4.79 Å². The number of carbonyl (C=O) groups is 1. The Morgan fingerprint density at radius 2 is 2.37 bits per heavy atom. The Balaban J connectivity index is 1.69. The summed E-state index contributed by atoms with van der Waals surface area (Å²) in [7, 11) is 1.66. The van der Waals surface area contributed by atoms with Crippen molar-refractivity contribution in [2.24, 2.45) is 0 Å². The molecule has 0 aromatic carbocycles. The Morgan fingerprint density at radius 3 is 3.00 bits per heavy atom. The lowest BCUT2D eigenvalue weighted by molar-refractivity contribution is -0.131. The molecule has 106 valence electrons. The number of methoxy groups -OCH3 is 1. The molecular formula is C13H22N4O2. The van der Waals surface area contributed by atoms with Crippen molar-refractivity contribution in [2.45, 2.75) is 18.8 Å². The molecule has 2 N–H and O–H groups in total. The maximum atomic E-state index is 12.0. The van der Waals surface area contributed by atoms with Gasteiger partial charge in [0.05, 0.1) is 13.2 Å². The molecular weight excluding hydrogens is 244 g/mol. The fourth-order valence-corrected chi connectivity index (χ4v) is 2.42. The van der Waals surface area contributed by atoms with E-state index in [-0.39, 0.29) is 5.91 Å². The first-order chi connectivity index (χ1) is 9.31. The number of nitrogens with one attached hydrogen (secondary N) is 2. The van der Waals surface area contributed by atoms with Crippen LogP contribution < -0.4 is 5.32 Å². The van der Waals surface area contributed by atoms with Gasteiger partial charge in [0.1, 0.15) is 0 Å². The molecule has 2 rings (SSSR count). The van der Waals surface area contributed by atoms with Gasteiger partial charge in [-0.1, -0.05) is 0 Å². The molecule has 6 nitrogen and oxygen atoms in total. The van der Waals surface area contributed by atoms with E-state index in [0.29, 0.717) is 25.6 Å². The molecule has 19 heavy (non-hydrogen) atoms. The van der Waals surface area contributed by atoms with Crippen LogP contribution in [-0.2, 0) is 9.53 Å². The van der Waals surface area contributed by atoms with Gasteiger partial charge in [-0.3, -0.25) is 9.89 Å². The summed E-state index contributed by atoms with van der Waals surface area (Å²) in [6.45, 7) is 3.41. The van der Waals surface area contributed by atoms with Crippen molar-refractivity contribution >= 4 is 5.91 Å². The third-order valence-corrected chi connectivity index (χ3v) is 3.57. The molecule has 1 amide bonds. The van der Waals surface area contributed by atoms with Gasteiger partial charge in [-0.25, -0.2) is 0 Å². The van der Waals surface area contributed by atoms with Gasteiger partial charge in [0.25, 0.3) is 0 Å². The maximum absolute atomic E-state index is 12.0. The van der Waals surface area contributed by atoms with Crippen LogP contribution in [0.2, 0.25) is 0 Å². The summed E-state index contributed by atoms with van der Waals surface area (Å²) < 4.78 is 4.93. The van der Waals surface area contributed by atoms with Crippen molar-refractivity contribution in [3.05, 3.63) is 18.0 Å². The minimum atomic E-state index is 0.180. The van der Waals surface area contributed by atoms with E-state index in [2.05, 4.69) is 15.5 Å². The molecule has 1 saturated heterocycles. The second-order valence-electron chi connectivity index (χ2n) is 4.84. The number of hydrogen-bond donors (Lipinski definition) is 2. The van der Waals surface area contributed by atoms with Crippen molar-refractivity contribution in [1.82, 2.24) is 20.4 Å². The Bertz CT molecular complexity index is 372. The Kier molecular flexibility index (Phi) is 5.35. The summed E-state index contributed by atoms with van der Waals surface area (Å²) in [5, 5.41) is 10.1. The monoisotopic (exact) mass is 266 g/mol. The lowest BCUT2D eigenvalue weighted by Gasteiger charge is -2.31. The van der Waals surface area contributed by atoms with Gasteiger partial charge in [0, 0.05) is 44.6 Å². The van der Waals surface area contributed by atoms with Crippen molar-refractivity contribution < 1.29 is 9.53 Å². The molecule has 0 aliphatic carbocycles. The van der Waals surface area contributed by atoms with Gasteiger partial charge in [-0.2, -0.15) is 5.10 Å².